The molecule has 0 aliphatic rings. The number of fused-ring (bicyclic) bond motifs is 4. The Morgan fingerprint density at radius 3 is 1.87 bits per heavy atom. The van der Waals surface area contributed by atoms with Gasteiger partial charge in [0.25, 0.3) is 0 Å². The molecule has 0 unspecified atom stereocenters. The molecule has 0 spiro atoms. The van der Waals surface area contributed by atoms with Gasteiger partial charge in [-0.2, -0.15) is 0 Å². The van der Waals surface area contributed by atoms with Gasteiger partial charge in [0, 0.05) is 49.3 Å². The first-order chi connectivity index (χ1) is 26.2. The first-order valence-electron chi connectivity index (χ1n) is 17.7. The number of hydrogen-bond donors (Lipinski definition) is 0. The maximum Gasteiger partial charge on any atom is 0.160 e. The first kappa shape index (κ1) is 31.0. The van der Waals surface area contributed by atoms with Crippen molar-refractivity contribution >= 4 is 42.3 Å². The largest absolute Gasteiger partial charge is 0.264 e. The van der Waals surface area contributed by atoms with Crippen molar-refractivity contribution in [2.75, 3.05) is 0 Å². The second-order valence-corrected chi connectivity index (χ2v) is 14.4. The summed E-state index contributed by atoms with van der Waals surface area (Å²) < 4.78 is 2.60. The lowest BCUT2D eigenvalue weighted by molar-refractivity contribution is 1.18. The van der Waals surface area contributed by atoms with Crippen LogP contribution in [0, 0.1) is 0 Å². The van der Waals surface area contributed by atoms with Gasteiger partial charge in [-0.3, -0.25) is 4.98 Å². The fourth-order valence-electron chi connectivity index (χ4n) is 7.31. The summed E-state index contributed by atoms with van der Waals surface area (Å²) in [5.41, 5.74) is 11.6. The third kappa shape index (κ3) is 5.85. The third-order valence-electron chi connectivity index (χ3n) is 9.97. The van der Waals surface area contributed by atoms with E-state index < -0.39 is 0 Å². The molecule has 4 heteroatoms. The van der Waals surface area contributed by atoms with Gasteiger partial charge in [-0.25, -0.2) is 9.97 Å². The van der Waals surface area contributed by atoms with E-state index in [9.17, 15) is 0 Å². The van der Waals surface area contributed by atoms with Crippen LogP contribution in [0.15, 0.2) is 188 Å². The van der Waals surface area contributed by atoms with Crippen LogP contribution < -0.4 is 0 Å². The standard InChI is InChI=1S/C49H31N3S/c1-2-11-35(12-3-1)49-51-45(34-21-19-32(20-22-34)37-14-9-25-50-31-37)30-46(52-49)40-27-38(26-39(28-40)42-17-8-13-33-10-4-5-15-41(33)42)36-23-24-48-44(29-36)43-16-6-7-18-47(43)53-48/h1-31H. The van der Waals surface area contributed by atoms with E-state index in [-0.39, 0.29) is 0 Å². The van der Waals surface area contributed by atoms with Crippen molar-refractivity contribution in [3.8, 4) is 67.3 Å². The van der Waals surface area contributed by atoms with Crippen molar-refractivity contribution in [2.24, 2.45) is 0 Å². The zero-order valence-corrected chi connectivity index (χ0v) is 29.5. The van der Waals surface area contributed by atoms with Crippen LogP contribution in [-0.4, -0.2) is 15.0 Å². The van der Waals surface area contributed by atoms with Crippen molar-refractivity contribution in [2.45, 2.75) is 0 Å². The Hall–Kier alpha value is -6.75. The van der Waals surface area contributed by atoms with Crippen molar-refractivity contribution in [3.05, 3.63) is 188 Å². The molecule has 0 N–H and O–H groups in total. The molecule has 10 rings (SSSR count). The van der Waals surface area contributed by atoms with E-state index >= 15 is 0 Å². The fourth-order valence-corrected chi connectivity index (χ4v) is 8.39. The van der Waals surface area contributed by atoms with Crippen LogP contribution in [0.4, 0.5) is 0 Å². The molecule has 0 aliphatic carbocycles. The zero-order valence-electron chi connectivity index (χ0n) is 28.6. The lowest BCUT2D eigenvalue weighted by Crippen LogP contribution is -1.96. The zero-order chi connectivity index (χ0) is 35.1. The predicted octanol–water partition coefficient (Wildman–Crippen LogP) is 13.4. The average Bonchev–Trinajstić information content (AvgIpc) is 3.62. The average molecular weight is 694 g/mol. The number of hydrogen-bond acceptors (Lipinski definition) is 4. The monoisotopic (exact) mass is 693 g/mol. The Kier molecular flexibility index (Phi) is 7.67. The highest BCUT2D eigenvalue weighted by Gasteiger charge is 2.16. The maximum atomic E-state index is 5.26. The summed E-state index contributed by atoms with van der Waals surface area (Å²) in [4.78, 5) is 14.7. The van der Waals surface area contributed by atoms with Crippen molar-refractivity contribution in [1.29, 1.82) is 0 Å². The molecule has 0 radical (unpaired) electrons. The van der Waals surface area contributed by atoms with Gasteiger partial charge in [0.05, 0.1) is 11.4 Å². The van der Waals surface area contributed by atoms with Crippen LogP contribution in [0.25, 0.3) is 98.2 Å². The van der Waals surface area contributed by atoms with E-state index in [1.165, 1.54) is 42.1 Å². The van der Waals surface area contributed by atoms with Crippen molar-refractivity contribution in [3.63, 3.8) is 0 Å². The lowest BCUT2D eigenvalue weighted by atomic mass is 9.91. The minimum atomic E-state index is 0.692. The molecule has 248 valence electrons. The highest BCUT2D eigenvalue weighted by Crippen LogP contribution is 2.40. The SMILES string of the molecule is c1ccc(-c2nc(-c3ccc(-c4cccnc4)cc3)cc(-c3cc(-c4ccc5sc6ccccc6c5c4)cc(-c4cccc5ccccc45)c3)n2)cc1. The van der Waals surface area contributed by atoms with Gasteiger partial charge in [-0.15, -0.1) is 11.3 Å². The Morgan fingerprint density at radius 1 is 0.358 bits per heavy atom. The van der Waals surface area contributed by atoms with Gasteiger partial charge in [0.2, 0.25) is 0 Å². The molecule has 0 bridgehead atoms. The number of aromatic nitrogens is 3. The molecule has 7 aromatic carbocycles. The molecule has 0 fully saturated rings. The van der Waals surface area contributed by atoms with E-state index in [1.807, 2.05) is 41.8 Å². The molecule has 3 heterocycles. The predicted molar refractivity (Wildman–Crippen MR) is 223 cm³/mol. The van der Waals surface area contributed by atoms with Gasteiger partial charge in [0.15, 0.2) is 5.82 Å². The Balaban J connectivity index is 1.18. The van der Waals surface area contributed by atoms with Crippen molar-refractivity contribution < 1.29 is 0 Å². The van der Waals surface area contributed by atoms with E-state index in [1.54, 1.807) is 6.20 Å². The van der Waals surface area contributed by atoms with Gasteiger partial charge in [-0.05, 0) is 92.7 Å². The summed E-state index contributed by atoms with van der Waals surface area (Å²) in [6, 6.07) is 62.6. The minimum Gasteiger partial charge on any atom is -0.264 e. The van der Waals surface area contributed by atoms with E-state index in [0.717, 1.165) is 50.3 Å². The number of pyridine rings is 1. The van der Waals surface area contributed by atoms with Gasteiger partial charge < -0.3 is 0 Å². The fraction of sp³-hybridized carbons (Fsp3) is 0. The highest BCUT2D eigenvalue weighted by molar-refractivity contribution is 7.25. The smallest absolute Gasteiger partial charge is 0.160 e. The summed E-state index contributed by atoms with van der Waals surface area (Å²) in [6.07, 6.45) is 3.69. The van der Waals surface area contributed by atoms with E-state index in [2.05, 4.69) is 157 Å². The van der Waals surface area contributed by atoms with Crippen LogP contribution in [0.2, 0.25) is 0 Å². The molecule has 0 saturated heterocycles. The number of rotatable bonds is 6. The van der Waals surface area contributed by atoms with Crippen LogP contribution in [0.5, 0.6) is 0 Å². The molecule has 0 amide bonds. The van der Waals surface area contributed by atoms with E-state index in [4.69, 9.17) is 9.97 Å². The summed E-state index contributed by atoms with van der Waals surface area (Å²) in [7, 11) is 0. The number of benzene rings is 7. The minimum absolute atomic E-state index is 0.692. The summed E-state index contributed by atoms with van der Waals surface area (Å²) in [6.45, 7) is 0. The molecule has 0 saturated carbocycles. The molecule has 0 aliphatic heterocycles. The quantitative estimate of drug-likeness (QED) is 0.174. The Bertz CT molecular complexity index is 2930. The molecule has 10 aromatic rings. The molecule has 53 heavy (non-hydrogen) atoms. The normalized spacial score (nSPS) is 11.4. The molecular weight excluding hydrogens is 663 g/mol. The van der Waals surface area contributed by atoms with Crippen LogP contribution >= 0.6 is 11.3 Å². The van der Waals surface area contributed by atoms with Gasteiger partial charge in [0.1, 0.15) is 0 Å². The highest BCUT2D eigenvalue weighted by atomic mass is 32.1. The van der Waals surface area contributed by atoms with Gasteiger partial charge >= 0.3 is 0 Å². The maximum absolute atomic E-state index is 5.26. The van der Waals surface area contributed by atoms with Crippen LogP contribution in [0.3, 0.4) is 0 Å². The summed E-state index contributed by atoms with van der Waals surface area (Å²) in [5.74, 6) is 0.692. The third-order valence-corrected chi connectivity index (χ3v) is 11.1. The second-order valence-electron chi connectivity index (χ2n) is 13.3. The second kappa shape index (κ2) is 13.1. The molecule has 3 nitrogen and oxygen atoms in total. The molecule has 0 atom stereocenters. The van der Waals surface area contributed by atoms with Crippen molar-refractivity contribution in [1.82, 2.24) is 15.0 Å². The molecule has 3 aromatic heterocycles. The summed E-state index contributed by atoms with van der Waals surface area (Å²) >= 11 is 1.85. The Labute approximate surface area is 311 Å². The molecular formula is C49H31N3S. The van der Waals surface area contributed by atoms with Gasteiger partial charge in [-0.1, -0.05) is 127 Å². The first-order valence-corrected chi connectivity index (χ1v) is 18.6. The van der Waals surface area contributed by atoms with Crippen LogP contribution in [0.1, 0.15) is 0 Å². The van der Waals surface area contributed by atoms with E-state index in [0.29, 0.717) is 5.82 Å². The number of nitrogens with zero attached hydrogens (tertiary/aromatic N) is 3. The lowest BCUT2D eigenvalue weighted by Gasteiger charge is -2.14. The Morgan fingerprint density at radius 2 is 1.02 bits per heavy atom. The van der Waals surface area contributed by atoms with Crippen LogP contribution in [-0.2, 0) is 0 Å². The topological polar surface area (TPSA) is 38.7 Å². The summed E-state index contributed by atoms with van der Waals surface area (Å²) in [5, 5.41) is 5.01. The number of thiophene rings is 1.